The average Bonchev–Trinajstić information content (AvgIpc) is 3.24. The van der Waals surface area contributed by atoms with E-state index >= 15 is 0 Å². The summed E-state index contributed by atoms with van der Waals surface area (Å²) in [5.41, 5.74) is 10.8. The Balaban J connectivity index is 1.45. The van der Waals surface area contributed by atoms with Gasteiger partial charge in [-0.1, -0.05) is 36.4 Å². The molecule has 6 nitrogen and oxygen atoms in total. The van der Waals surface area contributed by atoms with Gasteiger partial charge in [0.25, 0.3) is 0 Å². The highest BCUT2D eigenvalue weighted by atomic mass is 16.5. The normalized spacial score (nSPS) is 12.0. The lowest BCUT2D eigenvalue weighted by Crippen LogP contribution is -2.14. The molecule has 0 saturated carbocycles. The second-order valence-electron chi connectivity index (χ2n) is 6.88. The van der Waals surface area contributed by atoms with Crippen molar-refractivity contribution < 1.29 is 4.74 Å². The van der Waals surface area contributed by atoms with Gasteiger partial charge in [-0.2, -0.15) is 5.10 Å². The summed E-state index contributed by atoms with van der Waals surface area (Å²) >= 11 is 0. The molecule has 6 heteroatoms. The number of hydrogen-bond acceptors (Lipinski definition) is 5. The molecule has 2 N–H and O–H groups in total. The number of nitrogens with zero attached hydrogens (tertiary/aromatic N) is 4. The highest BCUT2D eigenvalue weighted by molar-refractivity contribution is 5.77. The molecule has 0 fully saturated rings. The Labute approximate surface area is 173 Å². The van der Waals surface area contributed by atoms with Crippen LogP contribution < -0.4 is 10.5 Å². The summed E-state index contributed by atoms with van der Waals surface area (Å²) in [6, 6.07) is 23.0. The van der Waals surface area contributed by atoms with Crippen molar-refractivity contribution in [1.82, 2.24) is 19.6 Å². The number of para-hydroxylation sites is 1. The predicted octanol–water partition coefficient (Wildman–Crippen LogP) is 4.63. The predicted molar refractivity (Wildman–Crippen MR) is 115 cm³/mol. The maximum absolute atomic E-state index is 6.41. The number of pyridine rings is 1. The van der Waals surface area contributed by atoms with E-state index in [-0.39, 0.29) is 6.04 Å². The van der Waals surface area contributed by atoms with Gasteiger partial charge in [-0.05, 0) is 47.5 Å². The molecule has 0 radical (unpaired) electrons. The number of hydrogen-bond donors (Lipinski definition) is 1. The first-order valence-electron chi connectivity index (χ1n) is 9.61. The molecular weight excluding hydrogens is 374 g/mol. The van der Waals surface area contributed by atoms with Crippen molar-refractivity contribution in [1.29, 1.82) is 0 Å². The van der Waals surface area contributed by atoms with Gasteiger partial charge in [-0.3, -0.25) is 4.98 Å². The lowest BCUT2D eigenvalue weighted by Gasteiger charge is -2.11. The van der Waals surface area contributed by atoms with E-state index in [1.54, 1.807) is 16.9 Å². The molecule has 1 atom stereocenters. The van der Waals surface area contributed by atoms with Gasteiger partial charge in [-0.15, -0.1) is 0 Å². The van der Waals surface area contributed by atoms with Crippen molar-refractivity contribution in [2.45, 2.75) is 6.04 Å². The van der Waals surface area contributed by atoms with Gasteiger partial charge in [0.05, 0.1) is 17.9 Å². The van der Waals surface area contributed by atoms with Crippen LogP contribution >= 0.6 is 0 Å². The highest BCUT2D eigenvalue weighted by Crippen LogP contribution is 2.28. The number of benzene rings is 2. The van der Waals surface area contributed by atoms with Crippen LogP contribution in [0, 0.1) is 0 Å². The summed E-state index contributed by atoms with van der Waals surface area (Å²) in [6.07, 6.45) is 7.19. The van der Waals surface area contributed by atoms with Crippen LogP contribution in [0.4, 0.5) is 0 Å². The zero-order valence-corrected chi connectivity index (χ0v) is 16.1. The zero-order valence-electron chi connectivity index (χ0n) is 16.1. The van der Waals surface area contributed by atoms with E-state index in [9.17, 15) is 0 Å². The molecule has 146 valence electrons. The molecule has 3 heterocycles. The fraction of sp³-hybridized carbons (Fsp3) is 0.0417. The van der Waals surface area contributed by atoms with Crippen LogP contribution in [0.1, 0.15) is 17.3 Å². The van der Waals surface area contributed by atoms with Crippen LogP contribution in [-0.2, 0) is 0 Å². The zero-order chi connectivity index (χ0) is 20.3. The SMILES string of the molecule is NC(c1cccnc1)c1ccn2ncc(-c3ccc(Oc4ccccc4)cc3)c2n1. The molecule has 0 amide bonds. The molecule has 5 aromatic rings. The number of rotatable bonds is 5. The van der Waals surface area contributed by atoms with E-state index in [2.05, 4.69) is 10.1 Å². The monoisotopic (exact) mass is 393 g/mol. The minimum atomic E-state index is -0.354. The molecule has 5 rings (SSSR count). The Bertz CT molecular complexity index is 1270. The molecule has 1 unspecified atom stereocenters. The number of ether oxygens (including phenoxy) is 1. The Morgan fingerprint density at radius 3 is 2.40 bits per heavy atom. The maximum atomic E-state index is 6.41. The molecule has 2 aromatic carbocycles. The van der Waals surface area contributed by atoms with Crippen LogP contribution in [-0.4, -0.2) is 19.6 Å². The first kappa shape index (κ1) is 18.0. The van der Waals surface area contributed by atoms with Gasteiger partial charge in [0.15, 0.2) is 5.65 Å². The molecular formula is C24H19N5O. The minimum Gasteiger partial charge on any atom is -0.457 e. The minimum absolute atomic E-state index is 0.354. The van der Waals surface area contributed by atoms with E-state index in [1.807, 2.05) is 85.2 Å². The number of fused-ring (bicyclic) bond motifs is 1. The van der Waals surface area contributed by atoms with E-state index in [1.165, 1.54) is 0 Å². The Hall–Kier alpha value is -4.03. The average molecular weight is 393 g/mol. The maximum Gasteiger partial charge on any atom is 0.163 e. The van der Waals surface area contributed by atoms with Gasteiger partial charge < -0.3 is 10.5 Å². The van der Waals surface area contributed by atoms with E-state index in [0.29, 0.717) is 0 Å². The number of nitrogens with two attached hydrogens (primary N) is 1. The molecule has 0 saturated heterocycles. The first-order valence-corrected chi connectivity index (χ1v) is 9.61. The van der Waals surface area contributed by atoms with Crippen molar-refractivity contribution in [3.63, 3.8) is 0 Å². The Morgan fingerprint density at radius 1 is 0.833 bits per heavy atom. The fourth-order valence-corrected chi connectivity index (χ4v) is 3.32. The number of aromatic nitrogens is 4. The Kier molecular flexibility index (Phi) is 4.67. The summed E-state index contributed by atoms with van der Waals surface area (Å²) in [4.78, 5) is 8.94. The standard InChI is InChI=1S/C24H19N5O/c25-23(18-5-4-13-26-15-18)22-12-14-29-24(28-22)21(16-27-29)17-8-10-20(11-9-17)30-19-6-2-1-3-7-19/h1-16,23H,25H2. The summed E-state index contributed by atoms with van der Waals surface area (Å²) in [7, 11) is 0. The van der Waals surface area contributed by atoms with Gasteiger partial charge in [0.1, 0.15) is 11.5 Å². The molecule has 0 aliphatic carbocycles. The third-order valence-electron chi connectivity index (χ3n) is 4.90. The summed E-state index contributed by atoms with van der Waals surface area (Å²) in [6.45, 7) is 0. The topological polar surface area (TPSA) is 78.3 Å². The fourth-order valence-electron chi connectivity index (χ4n) is 3.32. The van der Waals surface area contributed by atoms with Crippen molar-refractivity contribution in [3.05, 3.63) is 109 Å². The Morgan fingerprint density at radius 2 is 1.63 bits per heavy atom. The summed E-state index contributed by atoms with van der Waals surface area (Å²) in [5, 5.41) is 4.43. The quantitative estimate of drug-likeness (QED) is 0.471. The van der Waals surface area contributed by atoms with Crippen LogP contribution in [0.15, 0.2) is 97.6 Å². The van der Waals surface area contributed by atoms with E-state index in [0.717, 1.165) is 39.5 Å². The first-order chi connectivity index (χ1) is 14.8. The van der Waals surface area contributed by atoms with Gasteiger partial charge in [0, 0.05) is 24.2 Å². The second-order valence-corrected chi connectivity index (χ2v) is 6.88. The van der Waals surface area contributed by atoms with Crippen LogP contribution in [0.5, 0.6) is 11.5 Å². The summed E-state index contributed by atoms with van der Waals surface area (Å²) < 4.78 is 7.63. The van der Waals surface area contributed by atoms with Gasteiger partial charge in [0.2, 0.25) is 0 Å². The third-order valence-corrected chi connectivity index (χ3v) is 4.90. The third kappa shape index (κ3) is 3.52. The molecule has 0 bridgehead atoms. The van der Waals surface area contributed by atoms with Gasteiger partial charge >= 0.3 is 0 Å². The molecule has 0 aliphatic rings. The molecule has 30 heavy (non-hydrogen) atoms. The van der Waals surface area contributed by atoms with Crippen molar-refractivity contribution in [3.8, 4) is 22.6 Å². The van der Waals surface area contributed by atoms with Crippen LogP contribution in [0.2, 0.25) is 0 Å². The summed E-state index contributed by atoms with van der Waals surface area (Å²) in [5.74, 6) is 1.57. The molecule has 0 aliphatic heterocycles. The highest BCUT2D eigenvalue weighted by Gasteiger charge is 2.14. The van der Waals surface area contributed by atoms with Gasteiger partial charge in [-0.25, -0.2) is 9.50 Å². The molecule has 3 aromatic heterocycles. The molecule has 0 spiro atoms. The smallest absolute Gasteiger partial charge is 0.163 e. The van der Waals surface area contributed by atoms with E-state index < -0.39 is 0 Å². The lowest BCUT2D eigenvalue weighted by atomic mass is 10.1. The second kappa shape index (κ2) is 7.77. The van der Waals surface area contributed by atoms with Crippen molar-refractivity contribution >= 4 is 5.65 Å². The largest absolute Gasteiger partial charge is 0.457 e. The van der Waals surface area contributed by atoms with Crippen molar-refractivity contribution in [2.75, 3.05) is 0 Å². The lowest BCUT2D eigenvalue weighted by molar-refractivity contribution is 0.483. The van der Waals surface area contributed by atoms with Crippen LogP contribution in [0.25, 0.3) is 16.8 Å². The van der Waals surface area contributed by atoms with Crippen LogP contribution in [0.3, 0.4) is 0 Å². The van der Waals surface area contributed by atoms with E-state index in [4.69, 9.17) is 15.5 Å². The van der Waals surface area contributed by atoms with Crippen molar-refractivity contribution in [2.24, 2.45) is 5.73 Å².